The Bertz CT molecular complexity index is 647. The van der Waals surface area contributed by atoms with Crippen LogP contribution in [0.4, 0.5) is 15.8 Å². The van der Waals surface area contributed by atoms with E-state index in [0.717, 1.165) is 0 Å². The SMILES string of the molecule is Nc1cc(NC(=O)COc2ccccc2CO)ccc1F. The Morgan fingerprint density at radius 1 is 1.29 bits per heavy atom. The number of rotatable bonds is 5. The van der Waals surface area contributed by atoms with Crippen LogP contribution in [0.1, 0.15) is 5.56 Å². The summed E-state index contributed by atoms with van der Waals surface area (Å²) in [5, 5.41) is 11.7. The Hall–Kier alpha value is -2.60. The van der Waals surface area contributed by atoms with Gasteiger partial charge in [0.25, 0.3) is 5.91 Å². The summed E-state index contributed by atoms with van der Waals surface area (Å²) >= 11 is 0. The van der Waals surface area contributed by atoms with Gasteiger partial charge in [0, 0.05) is 11.3 Å². The van der Waals surface area contributed by atoms with Crippen LogP contribution in [0.25, 0.3) is 0 Å². The third kappa shape index (κ3) is 3.93. The highest BCUT2D eigenvalue weighted by atomic mass is 19.1. The maximum atomic E-state index is 13.0. The minimum atomic E-state index is -0.541. The molecule has 0 aliphatic rings. The fourth-order valence-corrected chi connectivity index (χ4v) is 1.74. The minimum Gasteiger partial charge on any atom is -0.483 e. The lowest BCUT2D eigenvalue weighted by molar-refractivity contribution is -0.118. The van der Waals surface area contributed by atoms with Crippen LogP contribution in [0.5, 0.6) is 5.75 Å². The van der Waals surface area contributed by atoms with Gasteiger partial charge in [-0.05, 0) is 24.3 Å². The first kappa shape index (κ1) is 14.8. The maximum Gasteiger partial charge on any atom is 0.262 e. The maximum absolute atomic E-state index is 13.0. The normalized spacial score (nSPS) is 10.2. The number of hydrogen-bond acceptors (Lipinski definition) is 4. The van der Waals surface area contributed by atoms with Gasteiger partial charge in [0.05, 0.1) is 12.3 Å². The smallest absolute Gasteiger partial charge is 0.262 e. The lowest BCUT2D eigenvalue weighted by Crippen LogP contribution is -2.20. The number of benzene rings is 2. The molecule has 2 aromatic carbocycles. The van der Waals surface area contributed by atoms with E-state index in [2.05, 4.69) is 5.32 Å². The lowest BCUT2D eigenvalue weighted by atomic mass is 10.2. The molecule has 6 heteroatoms. The third-order valence-corrected chi connectivity index (χ3v) is 2.78. The highest BCUT2D eigenvalue weighted by Gasteiger charge is 2.07. The molecule has 0 radical (unpaired) electrons. The molecule has 1 amide bonds. The van der Waals surface area contributed by atoms with E-state index in [0.29, 0.717) is 17.0 Å². The van der Waals surface area contributed by atoms with Gasteiger partial charge in [-0.15, -0.1) is 0 Å². The van der Waals surface area contributed by atoms with Gasteiger partial charge in [0.15, 0.2) is 6.61 Å². The van der Waals surface area contributed by atoms with E-state index in [9.17, 15) is 9.18 Å². The average Bonchev–Trinajstić information content (AvgIpc) is 2.49. The molecule has 21 heavy (non-hydrogen) atoms. The summed E-state index contributed by atoms with van der Waals surface area (Å²) in [5.74, 6) is -0.511. The van der Waals surface area contributed by atoms with Crippen molar-refractivity contribution in [3.05, 3.63) is 53.8 Å². The van der Waals surface area contributed by atoms with Gasteiger partial charge < -0.3 is 20.9 Å². The van der Waals surface area contributed by atoms with E-state index in [4.69, 9.17) is 15.6 Å². The molecule has 2 aromatic rings. The monoisotopic (exact) mass is 290 g/mol. The Morgan fingerprint density at radius 3 is 2.76 bits per heavy atom. The van der Waals surface area contributed by atoms with Crippen LogP contribution >= 0.6 is 0 Å². The molecule has 0 aromatic heterocycles. The number of aliphatic hydroxyl groups excluding tert-OH is 1. The number of para-hydroxylation sites is 1. The first-order chi connectivity index (χ1) is 10.1. The van der Waals surface area contributed by atoms with Crippen LogP contribution in [0.2, 0.25) is 0 Å². The van der Waals surface area contributed by atoms with Crippen molar-refractivity contribution in [3.63, 3.8) is 0 Å². The molecule has 0 fully saturated rings. The topological polar surface area (TPSA) is 84.6 Å². The number of carbonyl (C=O) groups excluding carboxylic acids is 1. The molecule has 0 spiro atoms. The average molecular weight is 290 g/mol. The summed E-state index contributed by atoms with van der Waals surface area (Å²) in [6, 6.07) is 10.8. The summed E-state index contributed by atoms with van der Waals surface area (Å²) in [4.78, 5) is 11.7. The standard InChI is InChI=1S/C15H15FN2O3/c16-12-6-5-11(7-13(12)17)18-15(20)9-21-14-4-2-1-3-10(14)8-19/h1-7,19H,8-9,17H2,(H,18,20). The van der Waals surface area contributed by atoms with E-state index < -0.39 is 11.7 Å². The molecule has 0 atom stereocenters. The Labute approximate surface area is 121 Å². The number of amides is 1. The Morgan fingerprint density at radius 2 is 2.05 bits per heavy atom. The van der Waals surface area contributed by atoms with E-state index in [1.807, 2.05) is 0 Å². The van der Waals surface area contributed by atoms with E-state index in [-0.39, 0.29) is 18.9 Å². The molecule has 0 unspecified atom stereocenters. The molecule has 0 heterocycles. The third-order valence-electron chi connectivity index (χ3n) is 2.78. The summed E-state index contributed by atoms with van der Waals surface area (Å²) in [6.07, 6.45) is 0. The van der Waals surface area contributed by atoms with Gasteiger partial charge >= 0.3 is 0 Å². The summed E-state index contributed by atoms with van der Waals surface area (Å²) < 4.78 is 18.3. The number of halogens is 1. The zero-order valence-corrected chi connectivity index (χ0v) is 11.2. The first-order valence-electron chi connectivity index (χ1n) is 6.26. The molecule has 2 rings (SSSR count). The zero-order chi connectivity index (χ0) is 15.2. The molecular weight excluding hydrogens is 275 g/mol. The number of hydrogen-bond donors (Lipinski definition) is 3. The van der Waals surface area contributed by atoms with Crippen molar-refractivity contribution in [2.75, 3.05) is 17.7 Å². The second-order valence-corrected chi connectivity index (χ2v) is 4.34. The molecule has 0 aliphatic carbocycles. The van der Waals surface area contributed by atoms with Crippen molar-refractivity contribution in [2.24, 2.45) is 0 Å². The molecule has 0 saturated carbocycles. The second kappa shape index (κ2) is 6.71. The number of anilines is 2. The molecule has 0 saturated heterocycles. The predicted molar refractivity (Wildman–Crippen MR) is 77.3 cm³/mol. The number of nitrogen functional groups attached to an aromatic ring is 1. The number of aliphatic hydroxyl groups is 1. The van der Waals surface area contributed by atoms with Crippen molar-refractivity contribution < 1.29 is 19.0 Å². The predicted octanol–water partition coefficient (Wildman–Crippen LogP) is 1.92. The Balaban J connectivity index is 1.94. The molecular formula is C15H15FN2O3. The van der Waals surface area contributed by atoms with Crippen LogP contribution in [-0.4, -0.2) is 17.6 Å². The van der Waals surface area contributed by atoms with Crippen molar-refractivity contribution in [1.29, 1.82) is 0 Å². The number of carbonyl (C=O) groups is 1. The number of nitrogens with two attached hydrogens (primary N) is 1. The Kier molecular flexibility index (Phi) is 4.73. The second-order valence-electron chi connectivity index (χ2n) is 4.34. The zero-order valence-electron chi connectivity index (χ0n) is 11.2. The van der Waals surface area contributed by atoms with Crippen molar-refractivity contribution in [3.8, 4) is 5.75 Å². The van der Waals surface area contributed by atoms with Crippen molar-refractivity contribution in [2.45, 2.75) is 6.61 Å². The van der Waals surface area contributed by atoms with Crippen LogP contribution in [0.3, 0.4) is 0 Å². The molecule has 5 nitrogen and oxygen atoms in total. The number of ether oxygens (including phenoxy) is 1. The number of nitrogens with one attached hydrogen (secondary N) is 1. The van der Waals surface area contributed by atoms with Gasteiger partial charge in [0.2, 0.25) is 0 Å². The fourth-order valence-electron chi connectivity index (χ4n) is 1.74. The van der Waals surface area contributed by atoms with E-state index >= 15 is 0 Å². The summed E-state index contributed by atoms with van der Waals surface area (Å²) in [6.45, 7) is -0.402. The van der Waals surface area contributed by atoms with Crippen molar-refractivity contribution in [1.82, 2.24) is 0 Å². The van der Waals surface area contributed by atoms with Crippen LogP contribution in [0, 0.1) is 5.82 Å². The van der Waals surface area contributed by atoms with Crippen LogP contribution < -0.4 is 15.8 Å². The van der Waals surface area contributed by atoms with Gasteiger partial charge in [-0.25, -0.2) is 4.39 Å². The van der Waals surface area contributed by atoms with Crippen LogP contribution in [-0.2, 0) is 11.4 Å². The molecule has 4 N–H and O–H groups in total. The van der Waals surface area contributed by atoms with Gasteiger partial charge in [0.1, 0.15) is 11.6 Å². The first-order valence-corrected chi connectivity index (χ1v) is 6.26. The molecule has 0 aliphatic heterocycles. The van der Waals surface area contributed by atoms with Crippen molar-refractivity contribution >= 4 is 17.3 Å². The highest BCUT2D eigenvalue weighted by Crippen LogP contribution is 2.18. The van der Waals surface area contributed by atoms with Crippen LogP contribution in [0.15, 0.2) is 42.5 Å². The fraction of sp³-hybridized carbons (Fsp3) is 0.133. The molecule has 110 valence electrons. The van der Waals surface area contributed by atoms with E-state index in [1.165, 1.54) is 18.2 Å². The van der Waals surface area contributed by atoms with Gasteiger partial charge in [-0.2, -0.15) is 0 Å². The minimum absolute atomic E-state index is 0.0423. The summed E-state index contributed by atoms with van der Waals surface area (Å²) in [5.41, 5.74) is 6.35. The van der Waals surface area contributed by atoms with Gasteiger partial charge in [-0.1, -0.05) is 18.2 Å². The van der Waals surface area contributed by atoms with E-state index in [1.54, 1.807) is 24.3 Å². The van der Waals surface area contributed by atoms with Gasteiger partial charge in [-0.3, -0.25) is 4.79 Å². The lowest BCUT2D eigenvalue weighted by Gasteiger charge is -2.10. The largest absolute Gasteiger partial charge is 0.483 e. The summed E-state index contributed by atoms with van der Waals surface area (Å²) in [7, 11) is 0. The molecule has 0 bridgehead atoms. The highest BCUT2D eigenvalue weighted by molar-refractivity contribution is 5.92. The quantitative estimate of drug-likeness (QED) is 0.734.